The van der Waals surface area contributed by atoms with Gasteiger partial charge in [-0.25, -0.2) is 0 Å². The lowest BCUT2D eigenvalue weighted by atomic mass is 10.0. The number of benzene rings is 2. The highest BCUT2D eigenvalue weighted by Gasteiger charge is 2.08. The quantitative estimate of drug-likeness (QED) is 0.451. The summed E-state index contributed by atoms with van der Waals surface area (Å²) in [6.45, 7) is 13.6. The first-order valence-corrected chi connectivity index (χ1v) is 15.4. The summed E-state index contributed by atoms with van der Waals surface area (Å²) in [4.78, 5) is 0. The van der Waals surface area contributed by atoms with Crippen LogP contribution < -0.4 is 0 Å². The van der Waals surface area contributed by atoms with Crippen molar-refractivity contribution in [1.29, 1.82) is 0 Å². The first kappa shape index (κ1) is 18.3. The van der Waals surface area contributed by atoms with Crippen molar-refractivity contribution in [2.75, 3.05) is 0 Å². The van der Waals surface area contributed by atoms with Crippen LogP contribution in [0.2, 0.25) is 39.3 Å². The molecule has 0 amide bonds. The van der Waals surface area contributed by atoms with E-state index in [0.29, 0.717) is 0 Å². The van der Waals surface area contributed by atoms with Crippen LogP contribution in [0.1, 0.15) is 11.1 Å². The number of rotatable bonds is 1. The second-order valence-corrected chi connectivity index (χ2v) is 17.7. The van der Waals surface area contributed by atoms with Crippen LogP contribution in [0.15, 0.2) is 48.5 Å². The molecule has 122 valence electrons. The Morgan fingerprint density at radius 2 is 0.792 bits per heavy atom. The molecule has 0 aliphatic carbocycles. The highest BCUT2D eigenvalue weighted by molar-refractivity contribution is 6.84. The van der Waals surface area contributed by atoms with E-state index in [0.717, 1.165) is 11.1 Å². The normalized spacial score (nSPS) is 11.1. The third-order valence-electron chi connectivity index (χ3n) is 3.27. The summed E-state index contributed by atoms with van der Waals surface area (Å²) in [5.41, 5.74) is 11.4. The third-order valence-corrected chi connectivity index (χ3v) is 5.02. The van der Waals surface area contributed by atoms with E-state index < -0.39 is 16.1 Å². The Balaban J connectivity index is 2.17. The largest absolute Gasteiger partial charge is 0.129 e. The summed E-state index contributed by atoms with van der Waals surface area (Å²) in [5, 5.41) is 0. The van der Waals surface area contributed by atoms with E-state index >= 15 is 0 Å². The Morgan fingerprint density at radius 1 is 0.500 bits per heavy atom. The van der Waals surface area contributed by atoms with E-state index in [1.807, 2.05) is 0 Å². The zero-order chi connectivity index (χ0) is 17.8. The van der Waals surface area contributed by atoms with Crippen molar-refractivity contribution >= 4 is 16.1 Å². The van der Waals surface area contributed by atoms with Gasteiger partial charge in [0.15, 0.2) is 0 Å². The van der Waals surface area contributed by atoms with Gasteiger partial charge in [0.1, 0.15) is 16.1 Å². The maximum absolute atomic E-state index is 3.41. The van der Waals surface area contributed by atoms with E-state index in [4.69, 9.17) is 0 Å². The molecule has 0 fully saturated rings. The fraction of sp³-hybridized carbons (Fsp3) is 0.273. The zero-order valence-electron chi connectivity index (χ0n) is 15.6. The lowest BCUT2D eigenvalue weighted by Gasteiger charge is -2.05. The molecule has 0 atom stereocenters. The Labute approximate surface area is 149 Å². The van der Waals surface area contributed by atoms with Crippen molar-refractivity contribution in [3.63, 3.8) is 0 Å². The molecule has 0 bridgehead atoms. The third kappa shape index (κ3) is 6.24. The maximum atomic E-state index is 3.41. The molecule has 0 saturated carbocycles. The molecule has 0 heterocycles. The average Bonchev–Trinajstić information content (AvgIpc) is 2.51. The summed E-state index contributed by atoms with van der Waals surface area (Å²) in [6, 6.07) is 17.0. The van der Waals surface area contributed by atoms with Crippen LogP contribution in [0.25, 0.3) is 11.1 Å². The predicted molar refractivity (Wildman–Crippen MR) is 112 cm³/mol. The minimum Gasteiger partial charge on any atom is -0.127 e. The predicted octanol–water partition coefficient (Wildman–Crippen LogP) is 5.81. The van der Waals surface area contributed by atoms with Gasteiger partial charge >= 0.3 is 0 Å². The second kappa shape index (κ2) is 7.26. The summed E-state index contributed by atoms with van der Waals surface area (Å²) in [6.07, 6.45) is 0. The van der Waals surface area contributed by atoms with Gasteiger partial charge in [-0.1, -0.05) is 75.4 Å². The van der Waals surface area contributed by atoms with E-state index in [1.165, 1.54) is 11.1 Å². The van der Waals surface area contributed by atoms with Crippen molar-refractivity contribution in [3.05, 3.63) is 59.7 Å². The molecule has 2 rings (SSSR count). The Hall–Kier alpha value is -2.01. The first-order valence-electron chi connectivity index (χ1n) is 8.39. The van der Waals surface area contributed by atoms with Crippen LogP contribution >= 0.6 is 0 Å². The van der Waals surface area contributed by atoms with E-state index in [1.54, 1.807) is 0 Å². The monoisotopic (exact) mass is 346 g/mol. The maximum Gasteiger partial charge on any atom is 0.129 e. The minimum absolute atomic E-state index is 1.10. The highest BCUT2D eigenvalue weighted by atomic mass is 28.3. The Kier molecular flexibility index (Phi) is 5.55. The smallest absolute Gasteiger partial charge is 0.127 e. The fourth-order valence-corrected chi connectivity index (χ4v) is 3.05. The van der Waals surface area contributed by atoms with Crippen LogP contribution in [0.3, 0.4) is 0 Å². The SMILES string of the molecule is C[Si](C)(C)C#Cc1ccc(-c2ccc(C#C[Si](C)(C)C)cc2)cc1. The molecule has 0 aliphatic heterocycles. The van der Waals surface area contributed by atoms with E-state index in [9.17, 15) is 0 Å². The molecule has 24 heavy (non-hydrogen) atoms. The molecule has 0 aliphatic rings. The van der Waals surface area contributed by atoms with Gasteiger partial charge in [0, 0.05) is 11.1 Å². The zero-order valence-corrected chi connectivity index (χ0v) is 17.6. The van der Waals surface area contributed by atoms with E-state index in [-0.39, 0.29) is 0 Å². The van der Waals surface area contributed by atoms with Crippen LogP contribution in [-0.4, -0.2) is 16.1 Å². The average molecular weight is 347 g/mol. The first-order chi connectivity index (χ1) is 11.1. The number of hydrogen-bond acceptors (Lipinski definition) is 0. The van der Waals surface area contributed by atoms with Crippen LogP contribution in [0, 0.1) is 22.9 Å². The lowest BCUT2D eigenvalue weighted by molar-refractivity contribution is 1.58. The Bertz CT molecular complexity index is 733. The van der Waals surface area contributed by atoms with Gasteiger partial charge in [-0.15, -0.1) is 11.1 Å². The van der Waals surface area contributed by atoms with Crippen molar-refractivity contribution in [2.24, 2.45) is 0 Å². The molecular weight excluding hydrogens is 320 g/mol. The molecule has 0 saturated heterocycles. The standard InChI is InChI=1S/C22H26Si2/c1-23(2,3)17-15-19-7-11-21(12-8-19)22-13-9-20(10-14-22)16-18-24(4,5)6/h7-14H,1-6H3. The molecule has 0 radical (unpaired) electrons. The number of hydrogen-bond donors (Lipinski definition) is 0. The van der Waals surface area contributed by atoms with Gasteiger partial charge in [-0.3, -0.25) is 0 Å². The Morgan fingerprint density at radius 3 is 1.04 bits per heavy atom. The molecule has 0 nitrogen and oxygen atoms in total. The second-order valence-electron chi connectivity index (χ2n) is 8.15. The van der Waals surface area contributed by atoms with Gasteiger partial charge in [0.05, 0.1) is 0 Å². The lowest BCUT2D eigenvalue weighted by Crippen LogP contribution is -2.16. The molecule has 2 aromatic rings. The van der Waals surface area contributed by atoms with Crippen molar-refractivity contribution < 1.29 is 0 Å². The van der Waals surface area contributed by atoms with Crippen molar-refractivity contribution in [2.45, 2.75) is 39.3 Å². The van der Waals surface area contributed by atoms with Crippen molar-refractivity contribution in [3.8, 4) is 34.1 Å². The minimum atomic E-state index is -1.32. The van der Waals surface area contributed by atoms with Crippen molar-refractivity contribution in [1.82, 2.24) is 0 Å². The molecule has 2 heteroatoms. The highest BCUT2D eigenvalue weighted by Crippen LogP contribution is 2.20. The molecule has 0 aromatic heterocycles. The van der Waals surface area contributed by atoms with Crippen LogP contribution in [0.5, 0.6) is 0 Å². The molecule has 0 unspecified atom stereocenters. The van der Waals surface area contributed by atoms with Gasteiger partial charge < -0.3 is 0 Å². The fourth-order valence-electron chi connectivity index (χ4n) is 2.01. The van der Waals surface area contributed by atoms with Gasteiger partial charge in [0.2, 0.25) is 0 Å². The van der Waals surface area contributed by atoms with E-state index in [2.05, 4.69) is 111 Å². The van der Waals surface area contributed by atoms with Crippen LogP contribution in [0.4, 0.5) is 0 Å². The summed E-state index contributed by atoms with van der Waals surface area (Å²) >= 11 is 0. The van der Waals surface area contributed by atoms with Crippen LogP contribution in [-0.2, 0) is 0 Å². The summed E-state index contributed by atoms with van der Waals surface area (Å²) < 4.78 is 0. The summed E-state index contributed by atoms with van der Waals surface area (Å²) in [7, 11) is -2.63. The van der Waals surface area contributed by atoms with Gasteiger partial charge in [0.25, 0.3) is 0 Å². The summed E-state index contributed by atoms with van der Waals surface area (Å²) in [5.74, 6) is 6.60. The molecule has 0 N–H and O–H groups in total. The topological polar surface area (TPSA) is 0 Å². The molecular formula is C22H26Si2. The molecule has 2 aromatic carbocycles. The van der Waals surface area contributed by atoms with Gasteiger partial charge in [-0.2, -0.15) is 0 Å². The molecule has 0 spiro atoms. The van der Waals surface area contributed by atoms with Gasteiger partial charge in [-0.05, 0) is 35.4 Å².